The van der Waals surface area contributed by atoms with Crippen molar-refractivity contribution in [2.24, 2.45) is 0 Å². The number of nitrogens with one attached hydrogen (secondary N) is 1. The van der Waals surface area contributed by atoms with E-state index < -0.39 is 17.5 Å². The van der Waals surface area contributed by atoms with E-state index in [1.807, 2.05) is 35.7 Å². The lowest BCUT2D eigenvalue weighted by Gasteiger charge is -2.36. The molecule has 36 heavy (non-hydrogen) atoms. The molecule has 4 rings (SSSR count). The first-order valence-electron chi connectivity index (χ1n) is 11.9. The smallest absolute Gasteiger partial charge is 0.242 e. The average Bonchev–Trinajstić information content (AvgIpc) is 3.37. The van der Waals surface area contributed by atoms with E-state index in [1.54, 1.807) is 32.6 Å². The van der Waals surface area contributed by atoms with Gasteiger partial charge in [0.1, 0.15) is 17.7 Å². The molecule has 10 heteroatoms. The van der Waals surface area contributed by atoms with Crippen molar-refractivity contribution in [2.45, 2.75) is 51.3 Å². The molecular weight excluding hydrogens is 504 g/mol. The van der Waals surface area contributed by atoms with Gasteiger partial charge >= 0.3 is 0 Å². The van der Waals surface area contributed by atoms with Crippen molar-refractivity contribution in [1.29, 1.82) is 0 Å². The second kappa shape index (κ2) is 10.7. The first kappa shape index (κ1) is 26.4. The fraction of sp³-hybridized carbons (Fsp3) is 0.423. The molecule has 2 aromatic heterocycles. The number of aromatic nitrogens is 3. The van der Waals surface area contributed by atoms with Crippen LogP contribution in [0.2, 0.25) is 10.0 Å². The third-order valence-corrected chi connectivity index (χ3v) is 7.45. The van der Waals surface area contributed by atoms with Gasteiger partial charge in [0, 0.05) is 47.2 Å². The number of piperidine rings is 1. The summed E-state index contributed by atoms with van der Waals surface area (Å²) >= 11 is 12.4. The number of hydrogen-bond donors (Lipinski definition) is 1. The van der Waals surface area contributed by atoms with E-state index in [9.17, 15) is 9.18 Å². The van der Waals surface area contributed by atoms with Crippen molar-refractivity contribution >= 4 is 29.1 Å². The maximum Gasteiger partial charge on any atom is 0.242 e. The summed E-state index contributed by atoms with van der Waals surface area (Å²) in [5.41, 5.74) is 1.55. The molecule has 0 aliphatic carbocycles. The largest absolute Gasteiger partial charge is 0.484 e. The van der Waals surface area contributed by atoms with Gasteiger partial charge in [-0.05, 0) is 58.9 Å². The molecule has 192 valence electrons. The molecule has 0 radical (unpaired) electrons. The lowest BCUT2D eigenvalue weighted by atomic mass is 9.99. The fourth-order valence-corrected chi connectivity index (χ4v) is 5.02. The number of ether oxygens (including phenoxy) is 1. The lowest BCUT2D eigenvalue weighted by molar-refractivity contribution is -0.138. The predicted molar refractivity (Wildman–Crippen MR) is 139 cm³/mol. The average molecular weight is 534 g/mol. The van der Waals surface area contributed by atoms with Gasteiger partial charge in [0.25, 0.3) is 0 Å². The van der Waals surface area contributed by atoms with E-state index in [2.05, 4.69) is 15.4 Å². The van der Waals surface area contributed by atoms with Crippen molar-refractivity contribution in [3.05, 3.63) is 64.4 Å². The van der Waals surface area contributed by atoms with Crippen LogP contribution >= 0.6 is 23.2 Å². The maximum atomic E-state index is 13.9. The van der Waals surface area contributed by atoms with Gasteiger partial charge in [0.15, 0.2) is 0 Å². The first-order valence-corrected chi connectivity index (χ1v) is 12.6. The molecule has 3 heterocycles. The van der Waals surface area contributed by atoms with E-state index in [4.69, 9.17) is 27.9 Å². The summed E-state index contributed by atoms with van der Waals surface area (Å²) in [7, 11) is 1.80. The normalized spacial score (nSPS) is 15.7. The van der Waals surface area contributed by atoms with Crippen LogP contribution in [0, 0.1) is 5.82 Å². The van der Waals surface area contributed by atoms with Gasteiger partial charge < -0.3 is 15.0 Å². The van der Waals surface area contributed by atoms with Gasteiger partial charge in [-0.15, -0.1) is 0 Å². The van der Waals surface area contributed by atoms with Crippen molar-refractivity contribution in [3.8, 4) is 16.9 Å². The second-order valence-electron chi connectivity index (χ2n) is 9.53. The van der Waals surface area contributed by atoms with Crippen LogP contribution in [0.15, 0.2) is 43.0 Å². The summed E-state index contributed by atoms with van der Waals surface area (Å²) in [6.45, 7) is 6.94. The standard InChI is InChI=1S/C26H30Cl2FN5O2/c1-16(23-21(27)5-6-22(29)24(23)28)36-20-11-17(12-31-14-20)18-13-32-34(15-18)19-7-9-33(10-8-19)25(35)26(2,3)30-4/h5-6,11-16,19,30H,7-10H2,1-4H3. The number of likely N-dealkylation sites (N-methyl/N-ethyl adjacent to an activating group) is 1. The molecule has 1 amide bonds. The number of carbonyl (C=O) groups is 1. The number of likely N-dealkylation sites (tertiary alicyclic amines) is 1. The third kappa shape index (κ3) is 5.51. The highest BCUT2D eigenvalue weighted by atomic mass is 35.5. The van der Waals surface area contributed by atoms with Crippen molar-refractivity contribution < 1.29 is 13.9 Å². The molecule has 1 unspecified atom stereocenters. The lowest BCUT2D eigenvalue weighted by Crippen LogP contribution is -2.54. The van der Waals surface area contributed by atoms with Crippen molar-refractivity contribution in [3.63, 3.8) is 0 Å². The van der Waals surface area contributed by atoms with Crippen LogP contribution in [0.5, 0.6) is 5.75 Å². The van der Waals surface area contributed by atoms with Gasteiger partial charge in [0.05, 0.1) is 29.0 Å². The second-order valence-corrected chi connectivity index (χ2v) is 10.3. The van der Waals surface area contributed by atoms with Crippen LogP contribution in [0.1, 0.15) is 51.3 Å². The molecule has 1 saturated heterocycles. The number of hydrogen-bond acceptors (Lipinski definition) is 5. The molecule has 0 saturated carbocycles. The number of nitrogens with zero attached hydrogens (tertiary/aromatic N) is 4. The van der Waals surface area contributed by atoms with Crippen LogP contribution in [-0.4, -0.2) is 51.2 Å². The summed E-state index contributed by atoms with van der Waals surface area (Å²) in [6, 6.07) is 4.76. The number of pyridine rings is 1. The summed E-state index contributed by atoms with van der Waals surface area (Å²) in [4.78, 5) is 18.9. The molecule has 0 bridgehead atoms. The molecule has 1 aromatic carbocycles. The molecule has 1 aliphatic rings. The Morgan fingerprint density at radius 3 is 2.61 bits per heavy atom. The SMILES string of the molecule is CNC(C)(C)C(=O)N1CCC(n2cc(-c3cncc(OC(C)c4c(Cl)ccc(F)c4Cl)c3)cn2)CC1. The molecule has 1 N–H and O–H groups in total. The van der Waals surface area contributed by atoms with Gasteiger partial charge in [-0.3, -0.25) is 14.5 Å². The highest BCUT2D eigenvalue weighted by Crippen LogP contribution is 2.35. The highest BCUT2D eigenvalue weighted by Gasteiger charge is 2.33. The van der Waals surface area contributed by atoms with E-state index in [0.29, 0.717) is 29.4 Å². The van der Waals surface area contributed by atoms with Crippen molar-refractivity contribution in [2.75, 3.05) is 20.1 Å². The Hall–Kier alpha value is -2.68. The third-order valence-electron chi connectivity index (χ3n) is 6.73. The van der Waals surface area contributed by atoms with E-state index in [0.717, 1.165) is 24.0 Å². The summed E-state index contributed by atoms with van der Waals surface area (Å²) in [5, 5.41) is 7.94. The minimum absolute atomic E-state index is 0.0531. The molecule has 3 aromatic rings. The Kier molecular flexibility index (Phi) is 7.87. The molecule has 0 spiro atoms. The summed E-state index contributed by atoms with van der Waals surface area (Å²) in [5.74, 6) is 0.0670. The number of carbonyl (C=O) groups excluding carboxylic acids is 1. The molecule has 7 nitrogen and oxygen atoms in total. The van der Waals surface area contributed by atoms with Gasteiger partial charge in [0.2, 0.25) is 5.91 Å². The van der Waals surface area contributed by atoms with Gasteiger partial charge in [-0.2, -0.15) is 5.10 Å². The maximum absolute atomic E-state index is 13.9. The van der Waals surface area contributed by atoms with Crippen LogP contribution < -0.4 is 10.1 Å². The minimum Gasteiger partial charge on any atom is -0.484 e. The van der Waals surface area contributed by atoms with Crippen LogP contribution in [0.3, 0.4) is 0 Å². The first-order chi connectivity index (χ1) is 17.1. The highest BCUT2D eigenvalue weighted by molar-refractivity contribution is 6.36. The minimum atomic E-state index is -0.582. The zero-order valence-corrected chi connectivity index (χ0v) is 22.3. The van der Waals surface area contributed by atoms with E-state index in [1.165, 1.54) is 12.1 Å². The zero-order valence-electron chi connectivity index (χ0n) is 20.8. The molecule has 1 fully saturated rings. The Morgan fingerprint density at radius 2 is 1.92 bits per heavy atom. The van der Waals surface area contributed by atoms with Crippen LogP contribution in [0.4, 0.5) is 4.39 Å². The quantitative estimate of drug-likeness (QED) is 0.395. The van der Waals surface area contributed by atoms with Gasteiger partial charge in [-0.1, -0.05) is 23.2 Å². The Morgan fingerprint density at radius 1 is 1.19 bits per heavy atom. The molecule has 1 atom stereocenters. The molecular formula is C26H30Cl2FN5O2. The number of halogens is 3. The predicted octanol–water partition coefficient (Wildman–Crippen LogP) is 5.69. The van der Waals surface area contributed by atoms with Crippen LogP contribution in [0.25, 0.3) is 11.1 Å². The van der Waals surface area contributed by atoms with Crippen LogP contribution in [-0.2, 0) is 4.79 Å². The zero-order chi connectivity index (χ0) is 26.0. The summed E-state index contributed by atoms with van der Waals surface area (Å²) < 4.78 is 21.9. The Balaban J connectivity index is 1.43. The fourth-order valence-electron chi connectivity index (χ4n) is 4.34. The Labute approximate surface area is 220 Å². The number of rotatable bonds is 7. The number of benzene rings is 1. The molecule has 1 aliphatic heterocycles. The monoisotopic (exact) mass is 533 g/mol. The van der Waals surface area contributed by atoms with Crippen molar-refractivity contribution in [1.82, 2.24) is 25.0 Å². The Bertz CT molecular complexity index is 1240. The van der Waals surface area contributed by atoms with E-state index >= 15 is 0 Å². The number of amides is 1. The summed E-state index contributed by atoms with van der Waals surface area (Å²) in [6.07, 6.45) is 8.20. The topological polar surface area (TPSA) is 72.3 Å². The van der Waals surface area contributed by atoms with Gasteiger partial charge in [-0.25, -0.2) is 4.39 Å². The van der Waals surface area contributed by atoms with E-state index in [-0.39, 0.29) is 17.0 Å².